The van der Waals surface area contributed by atoms with E-state index < -0.39 is 0 Å². The van der Waals surface area contributed by atoms with Gasteiger partial charge in [-0.15, -0.1) is 0 Å². The van der Waals surface area contributed by atoms with Gasteiger partial charge in [-0.25, -0.2) is 0 Å². The van der Waals surface area contributed by atoms with Crippen molar-refractivity contribution in [3.05, 3.63) is 22.4 Å². The summed E-state index contributed by atoms with van der Waals surface area (Å²) in [6.45, 7) is 4.89. The molecule has 0 aromatic carbocycles. The molecule has 1 saturated heterocycles. The van der Waals surface area contributed by atoms with Gasteiger partial charge >= 0.3 is 0 Å². The van der Waals surface area contributed by atoms with E-state index in [4.69, 9.17) is 0 Å². The molecule has 4 heteroatoms. The first-order valence-electron chi connectivity index (χ1n) is 7.34. The van der Waals surface area contributed by atoms with Crippen LogP contribution in [-0.2, 0) is 4.79 Å². The minimum absolute atomic E-state index is 0.0900. The van der Waals surface area contributed by atoms with Crippen LogP contribution in [0, 0.1) is 0 Å². The Morgan fingerprint density at radius 3 is 2.89 bits per heavy atom. The predicted octanol–water partition coefficient (Wildman–Crippen LogP) is 3.54. The molecule has 2 atom stereocenters. The third-order valence-corrected chi connectivity index (χ3v) is 4.48. The number of thiophene rings is 1. The number of hydrogen-bond acceptors (Lipinski definition) is 3. The molecule has 106 valence electrons. The summed E-state index contributed by atoms with van der Waals surface area (Å²) in [5, 5.41) is 7.58. The highest BCUT2D eigenvalue weighted by Crippen LogP contribution is 2.29. The second-order valence-electron chi connectivity index (χ2n) is 5.23. The molecule has 1 fully saturated rings. The molecule has 19 heavy (non-hydrogen) atoms. The molecule has 0 spiro atoms. The van der Waals surface area contributed by atoms with Crippen molar-refractivity contribution < 1.29 is 4.79 Å². The second kappa shape index (κ2) is 7.06. The van der Waals surface area contributed by atoms with Crippen LogP contribution in [0.25, 0.3) is 0 Å². The lowest BCUT2D eigenvalue weighted by atomic mass is 10.0. The fraction of sp³-hybridized carbons (Fsp3) is 0.667. The van der Waals surface area contributed by atoms with Gasteiger partial charge in [-0.3, -0.25) is 10.1 Å². The highest BCUT2D eigenvalue weighted by atomic mass is 32.1. The zero-order chi connectivity index (χ0) is 13.7. The van der Waals surface area contributed by atoms with Gasteiger partial charge in [0, 0.05) is 6.04 Å². The molecule has 3 nitrogen and oxygen atoms in total. The lowest BCUT2D eigenvalue weighted by Crippen LogP contribution is -2.39. The summed E-state index contributed by atoms with van der Waals surface area (Å²) in [7, 11) is 0. The Balaban J connectivity index is 2.14. The van der Waals surface area contributed by atoms with Crippen LogP contribution in [-0.4, -0.2) is 23.4 Å². The Morgan fingerprint density at radius 2 is 2.26 bits per heavy atom. The van der Waals surface area contributed by atoms with Crippen molar-refractivity contribution in [2.24, 2.45) is 0 Å². The number of hydrogen-bond donors (Lipinski definition) is 1. The molecule has 1 aromatic heterocycles. The van der Waals surface area contributed by atoms with E-state index in [1.807, 2.05) is 0 Å². The van der Waals surface area contributed by atoms with E-state index in [1.165, 1.54) is 18.4 Å². The van der Waals surface area contributed by atoms with Crippen LogP contribution in [0.1, 0.15) is 57.7 Å². The minimum Gasteiger partial charge on any atom is -0.319 e. The fourth-order valence-corrected chi connectivity index (χ4v) is 3.52. The molecular formula is C15H24N2OS. The highest BCUT2D eigenvalue weighted by Gasteiger charge is 2.36. The van der Waals surface area contributed by atoms with Crippen LogP contribution >= 0.6 is 11.3 Å². The number of nitrogens with zero attached hydrogens (tertiary/aromatic N) is 1. The van der Waals surface area contributed by atoms with Gasteiger partial charge in [0.2, 0.25) is 5.91 Å². The summed E-state index contributed by atoms with van der Waals surface area (Å²) >= 11 is 1.69. The van der Waals surface area contributed by atoms with E-state index in [0.29, 0.717) is 12.6 Å². The van der Waals surface area contributed by atoms with Crippen LogP contribution < -0.4 is 5.32 Å². The molecule has 1 aliphatic heterocycles. The zero-order valence-electron chi connectivity index (χ0n) is 11.9. The first kappa shape index (κ1) is 14.5. The van der Waals surface area contributed by atoms with Gasteiger partial charge in [0.15, 0.2) is 0 Å². The Bertz CT molecular complexity index is 391. The molecular weight excluding hydrogens is 256 g/mol. The molecule has 1 N–H and O–H groups in total. The summed E-state index contributed by atoms with van der Waals surface area (Å²) in [6.07, 6.45) is 5.84. The number of carbonyl (C=O) groups is 1. The van der Waals surface area contributed by atoms with Gasteiger partial charge in [-0.05, 0) is 35.2 Å². The largest absolute Gasteiger partial charge is 0.319 e. The number of carbonyl (C=O) groups excluding carboxylic acids is 1. The zero-order valence-corrected chi connectivity index (χ0v) is 12.7. The summed E-state index contributed by atoms with van der Waals surface area (Å²) in [5.41, 5.74) is 1.23. The number of amides is 1. The lowest BCUT2D eigenvalue weighted by Gasteiger charge is -2.32. The lowest BCUT2D eigenvalue weighted by molar-refractivity contribution is -0.130. The normalized spacial score (nSPS) is 21.1. The molecule has 1 aliphatic rings. The van der Waals surface area contributed by atoms with Crippen molar-refractivity contribution in [3.63, 3.8) is 0 Å². The molecule has 0 radical (unpaired) electrons. The van der Waals surface area contributed by atoms with E-state index in [1.54, 1.807) is 11.3 Å². The van der Waals surface area contributed by atoms with Crippen LogP contribution in [0.4, 0.5) is 0 Å². The molecule has 0 bridgehead atoms. The van der Waals surface area contributed by atoms with Gasteiger partial charge in [-0.1, -0.05) is 33.1 Å². The van der Waals surface area contributed by atoms with E-state index in [-0.39, 0.29) is 12.1 Å². The summed E-state index contributed by atoms with van der Waals surface area (Å²) in [6, 6.07) is 2.51. The van der Waals surface area contributed by atoms with E-state index in [9.17, 15) is 4.79 Å². The Morgan fingerprint density at radius 1 is 1.42 bits per heavy atom. The Kier molecular flexibility index (Phi) is 5.40. The van der Waals surface area contributed by atoms with Crippen molar-refractivity contribution in [2.75, 3.05) is 6.54 Å². The third-order valence-electron chi connectivity index (χ3n) is 3.78. The Hall–Kier alpha value is -0.870. The predicted molar refractivity (Wildman–Crippen MR) is 80.1 cm³/mol. The minimum atomic E-state index is 0.0900. The molecule has 2 heterocycles. The number of nitrogens with one attached hydrogen (secondary N) is 1. The summed E-state index contributed by atoms with van der Waals surface area (Å²) in [4.78, 5) is 14.3. The topological polar surface area (TPSA) is 32.3 Å². The van der Waals surface area contributed by atoms with Crippen LogP contribution in [0.2, 0.25) is 0 Å². The van der Waals surface area contributed by atoms with Crippen LogP contribution in [0.3, 0.4) is 0 Å². The van der Waals surface area contributed by atoms with Crippen molar-refractivity contribution in [2.45, 2.75) is 58.2 Å². The average molecular weight is 280 g/mol. The third kappa shape index (κ3) is 3.37. The van der Waals surface area contributed by atoms with E-state index in [2.05, 4.69) is 40.9 Å². The van der Waals surface area contributed by atoms with Crippen LogP contribution in [0.15, 0.2) is 16.8 Å². The maximum absolute atomic E-state index is 12.2. The fourth-order valence-electron chi connectivity index (χ4n) is 2.84. The maximum Gasteiger partial charge on any atom is 0.238 e. The van der Waals surface area contributed by atoms with Gasteiger partial charge in [-0.2, -0.15) is 11.3 Å². The number of unbranched alkanes of at least 4 members (excludes halogenated alkanes) is 1. The average Bonchev–Trinajstić information content (AvgIpc) is 3.03. The van der Waals surface area contributed by atoms with E-state index >= 15 is 0 Å². The van der Waals surface area contributed by atoms with Gasteiger partial charge in [0.1, 0.15) is 6.17 Å². The van der Waals surface area contributed by atoms with Crippen LogP contribution in [0.5, 0.6) is 0 Å². The van der Waals surface area contributed by atoms with Gasteiger partial charge in [0.25, 0.3) is 0 Å². The Labute approximate surface area is 120 Å². The molecule has 1 amide bonds. The second-order valence-corrected chi connectivity index (χ2v) is 6.01. The standard InChI is InChI=1S/C15H24N2OS/c1-3-5-7-13(6-4-2)17-14(18)10-16-15(17)12-8-9-19-11-12/h8-9,11,13,15-16H,3-7,10H2,1-2H3. The summed E-state index contributed by atoms with van der Waals surface area (Å²) < 4.78 is 0. The molecule has 0 saturated carbocycles. The quantitative estimate of drug-likeness (QED) is 0.828. The van der Waals surface area contributed by atoms with Gasteiger partial charge in [0.05, 0.1) is 6.54 Å². The first-order chi connectivity index (χ1) is 9.27. The monoisotopic (exact) mass is 280 g/mol. The smallest absolute Gasteiger partial charge is 0.238 e. The van der Waals surface area contributed by atoms with Crippen molar-refractivity contribution in [1.82, 2.24) is 10.2 Å². The van der Waals surface area contributed by atoms with E-state index in [0.717, 1.165) is 19.3 Å². The van der Waals surface area contributed by atoms with Gasteiger partial charge < -0.3 is 4.90 Å². The van der Waals surface area contributed by atoms with Crippen molar-refractivity contribution >= 4 is 17.2 Å². The molecule has 2 unspecified atom stereocenters. The highest BCUT2D eigenvalue weighted by molar-refractivity contribution is 7.07. The summed E-state index contributed by atoms with van der Waals surface area (Å²) in [5.74, 6) is 0.255. The molecule has 0 aliphatic carbocycles. The number of rotatable bonds is 7. The first-order valence-corrected chi connectivity index (χ1v) is 8.28. The molecule has 1 aromatic rings. The SMILES string of the molecule is CCCCC(CCC)N1C(=O)CNC1c1ccsc1. The van der Waals surface area contributed by atoms with Crippen molar-refractivity contribution in [1.29, 1.82) is 0 Å². The maximum atomic E-state index is 12.2. The molecule has 2 rings (SSSR count). The van der Waals surface area contributed by atoms with Crippen molar-refractivity contribution in [3.8, 4) is 0 Å².